The molecule has 0 amide bonds. The highest BCUT2D eigenvalue weighted by Crippen LogP contribution is 2.28. The minimum Gasteiger partial charge on any atom is -0.333 e. The third-order valence-corrected chi connectivity index (χ3v) is 5.66. The lowest BCUT2D eigenvalue weighted by Gasteiger charge is -2.32. The lowest BCUT2D eigenvalue weighted by Crippen LogP contribution is -2.35. The second-order valence-corrected chi connectivity index (χ2v) is 8.33. The Morgan fingerprint density at radius 1 is 0.707 bits per heavy atom. The summed E-state index contributed by atoms with van der Waals surface area (Å²) in [5.74, 6) is 1.50. The molecule has 0 bridgehead atoms. The Kier molecular flexibility index (Phi) is 14.4. The van der Waals surface area contributed by atoms with Crippen LogP contribution in [0, 0.1) is 0 Å². The number of aliphatic imine (C=N–C) groups is 2. The van der Waals surface area contributed by atoms with Gasteiger partial charge in [0.1, 0.15) is 5.84 Å². The Morgan fingerprint density at radius 2 is 1.34 bits per heavy atom. The molecule has 0 fully saturated rings. The van der Waals surface area contributed by atoms with Gasteiger partial charge in [-0.3, -0.25) is 15.0 Å². The number of hydrogen-bond donors (Lipinski definition) is 0. The van der Waals surface area contributed by atoms with Crippen LogP contribution in [0.1, 0.15) is 50.6 Å². The normalized spacial score (nSPS) is 13.6. The summed E-state index contributed by atoms with van der Waals surface area (Å²) < 4.78 is 0. The van der Waals surface area contributed by atoms with Gasteiger partial charge in [0.15, 0.2) is 12.0 Å². The van der Waals surface area contributed by atoms with E-state index in [0.717, 1.165) is 33.8 Å². The highest BCUT2D eigenvalue weighted by atomic mass is 15.3. The minimum absolute atomic E-state index is 0.230. The molecular formula is C35H40N6. The Morgan fingerprint density at radius 3 is 1.85 bits per heavy atom. The van der Waals surface area contributed by atoms with E-state index in [1.807, 2.05) is 114 Å². The van der Waals surface area contributed by atoms with Gasteiger partial charge in [-0.1, -0.05) is 87.7 Å². The van der Waals surface area contributed by atoms with E-state index in [0.29, 0.717) is 5.84 Å². The molecule has 3 aromatic heterocycles. The highest BCUT2D eigenvalue weighted by molar-refractivity contribution is 6.12. The number of hydrogen-bond acceptors (Lipinski definition) is 6. The summed E-state index contributed by atoms with van der Waals surface area (Å²) in [6.07, 6.45) is 16.0. The van der Waals surface area contributed by atoms with Crippen LogP contribution in [0.3, 0.4) is 0 Å². The number of rotatable bonds is 5. The molecular weight excluding hydrogens is 504 g/mol. The van der Waals surface area contributed by atoms with Gasteiger partial charge < -0.3 is 4.90 Å². The van der Waals surface area contributed by atoms with Crippen molar-refractivity contribution >= 4 is 11.7 Å². The zero-order chi connectivity index (χ0) is 29.9. The van der Waals surface area contributed by atoms with Crippen LogP contribution in [0.2, 0.25) is 0 Å². The smallest absolute Gasteiger partial charge is 0.159 e. The molecule has 0 spiro atoms. The van der Waals surface area contributed by atoms with E-state index in [2.05, 4.69) is 45.1 Å². The molecule has 5 rings (SSSR count). The van der Waals surface area contributed by atoms with Crippen LogP contribution in [0.25, 0.3) is 11.3 Å². The fraction of sp³-hybridized carbons (Fsp3) is 0.171. The van der Waals surface area contributed by atoms with Crippen molar-refractivity contribution in [3.63, 3.8) is 0 Å². The second-order valence-electron chi connectivity index (χ2n) is 8.33. The van der Waals surface area contributed by atoms with Crippen LogP contribution >= 0.6 is 0 Å². The van der Waals surface area contributed by atoms with Gasteiger partial charge in [-0.2, -0.15) is 0 Å². The van der Waals surface area contributed by atoms with Gasteiger partial charge in [-0.25, -0.2) is 9.98 Å². The molecule has 6 nitrogen and oxygen atoms in total. The van der Waals surface area contributed by atoms with Gasteiger partial charge >= 0.3 is 0 Å². The standard InChI is InChI=1S/C25H20N6.C4H8.C4H6.C2H6/c1-31-24(20-6-4-13-26-16-20)29-23(30-25(31)21-7-5-14-27-17-21)19-11-9-18(10-12-19)22-8-2-3-15-28-22;2*1-3-4-2;1-2/h2-17,24H,1H3;3-4H,1-2H3;3-4H,1-2H2;1-2H3/b;4-3-;;. The van der Waals surface area contributed by atoms with Gasteiger partial charge in [-0.15, -0.1) is 0 Å². The molecule has 1 atom stereocenters. The van der Waals surface area contributed by atoms with E-state index in [9.17, 15) is 0 Å². The van der Waals surface area contributed by atoms with Crippen molar-refractivity contribution < 1.29 is 0 Å². The van der Waals surface area contributed by atoms with Crippen molar-refractivity contribution in [2.24, 2.45) is 9.98 Å². The number of pyridine rings is 3. The van der Waals surface area contributed by atoms with Crippen LogP contribution in [0.5, 0.6) is 0 Å². The summed E-state index contributed by atoms with van der Waals surface area (Å²) in [6.45, 7) is 14.7. The van der Waals surface area contributed by atoms with Crippen molar-refractivity contribution in [1.82, 2.24) is 19.9 Å². The topological polar surface area (TPSA) is 66.6 Å². The predicted octanol–water partition coefficient (Wildman–Crippen LogP) is 8.34. The zero-order valence-corrected chi connectivity index (χ0v) is 24.7. The van der Waals surface area contributed by atoms with Crippen LogP contribution in [-0.2, 0) is 0 Å². The highest BCUT2D eigenvalue weighted by Gasteiger charge is 2.26. The average Bonchev–Trinajstić information content (AvgIpc) is 3.07. The fourth-order valence-corrected chi connectivity index (χ4v) is 3.58. The molecule has 0 aliphatic carbocycles. The van der Waals surface area contributed by atoms with Crippen molar-refractivity contribution in [3.05, 3.63) is 152 Å². The molecule has 0 saturated heterocycles. The Bertz CT molecular complexity index is 1380. The lowest BCUT2D eigenvalue weighted by atomic mass is 10.1. The van der Waals surface area contributed by atoms with Crippen molar-refractivity contribution in [2.45, 2.75) is 33.9 Å². The summed E-state index contributed by atoms with van der Waals surface area (Å²) in [6, 6.07) is 22.0. The molecule has 0 saturated carbocycles. The summed E-state index contributed by atoms with van der Waals surface area (Å²) in [5.41, 5.74) is 4.88. The van der Waals surface area contributed by atoms with E-state index in [1.54, 1.807) is 30.7 Å². The van der Waals surface area contributed by atoms with E-state index in [1.165, 1.54) is 0 Å². The Balaban J connectivity index is 0.000000516. The SMILES string of the molecule is C/C=C\C.C=CC=C.CC.CN1C(c2cccnc2)=NC(c2ccc(-c3ccccn3)cc2)=NC1c1cccnc1. The Hall–Kier alpha value is -4.97. The van der Waals surface area contributed by atoms with E-state index < -0.39 is 0 Å². The Labute approximate surface area is 245 Å². The summed E-state index contributed by atoms with van der Waals surface area (Å²) in [7, 11) is 1.99. The van der Waals surface area contributed by atoms with Gasteiger partial charge in [0.05, 0.1) is 5.69 Å². The lowest BCUT2D eigenvalue weighted by molar-refractivity contribution is 0.382. The maximum Gasteiger partial charge on any atom is 0.159 e. The van der Waals surface area contributed by atoms with Crippen molar-refractivity contribution in [3.8, 4) is 11.3 Å². The molecule has 1 aromatic carbocycles. The first-order valence-electron chi connectivity index (χ1n) is 13.6. The minimum atomic E-state index is -0.230. The number of amidine groups is 2. The van der Waals surface area contributed by atoms with Gasteiger partial charge in [0.2, 0.25) is 0 Å². The first-order valence-corrected chi connectivity index (χ1v) is 13.6. The van der Waals surface area contributed by atoms with E-state index >= 15 is 0 Å². The molecule has 6 heteroatoms. The molecule has 1 unspecified atom stereocenters. The number of nitrogens with zero attached hydrogens (tertiary/aromatic N) is 6. The predicted molar refractivity (Wildman–Crippen MR) is 174 cm³/mol. The number of allylic oxidation sites excluding steroid dienone is 4. The largest absolute Gasteiger partial charge is 0.333 e. The van der Waals surface area contributed by atoms with Crippen LogP contribution in [0.4, 0.5) is 0 Å². The third kappa shape index (κ3) is 9.62. The summed E-state index contributed by atoms with van der Waals surface area (Å²) in [5, 5.41) is 0. The first kappa shape index (κ1) is 32.2. The third-order valence-electron chi connectivity index (χ3n) is 5.66. The second kappa shape index (κ2) is 18.3. The van der Waals surface area contributed by atoms with Gasteiger partial charge in [0.25, 0.3) is 0 Å². The molecule has 41 heavy (non-hydrogen) atoms. The quantitative estimate of drug-likeness (QED) is 0.187. The van der Waals surface area contributed by atoms with Crippen LogP contribution in [-0.4, -0.2) is 38.6 Å². The van der Waals surface area contributed by atoms with Crippen molar-refractivity contribution in [2.75, 3.05) is 7.05 Å². The van der Waals surface area contributed by atoms with Gasteiger partial charge in [0, 0.05) is 60.3 Å². The zero-order valence-electron chi connectivity index (χ0n) is 24.7. The van der Waals surface area contributed by atoms with Crippen molar-refractivity contribution in [1.29, 1.82) is 0 Å². The molecule has 4 aromatic rings. The van der Waals surface area contributed by atoms with Gasteiger partial charge in [-0.05, 0) is 44.2 Å². The molecule has 1 aliphatic heterocycles. The number of aromatic nitrogens is 3. The average molecular weight is 545 g/mol. The fourth-order valence-electron chi connectivity index (χ4n) is 3.58. The van der Waals surface area contributed by atoms with E-state index in [-0.39, 0.29) is 6.17 Å². The van der Waals surface area contributed by atoms with Crippen LogP contribution in [0.15, 0.2) is 145 Å². The molecule has 4 heterocycles. The summed E-state index contributed by atoms with van der Waals surface area (Å²) in [4.78, 5) is 24.9. The van der Waals surface area contributed by atoms with E-state index in [4.69, 9.17) is 9.98 Å². The molecule has 0 radical (unpaired) electrons. The summed E-state index contributed by atoms with van der Waals surface area (Å²) >= 11 is 0. The molecule has 0 N–H and O–H groups in total. The van der Waals surface area contributed by atoms with Crippen LogP contribution < -0.4 is 0 Å². The maximum atomic E-state index is 4.96. The monoisotopic (exact) mass is 544 g/mol. The number of benzene rings is 1. The first-order chi connectivity index (χ1) is 20.1. The maximum absolute atomic E-state index is 4.96. The molecule has 210 valence electrons. The molecule has 1 aliphatic rings.